The number of hydrogen-bond acceptors (Lipinski definition) is 21. The Kier molecular flexibility index (Phi) is 34.1. The lowest BCUT2D eigenvalue weighted by Gasteiger charge is -2.32. The summed E-state index contributed by atoms with van der Waals surface area (Å²) < 4.78 is 48.3. The van der Waals surface area contributed by atoms with Gasteiger partial charge in [-0.05, 0) is 105 Å². The molecule has 3 unspecified atom stereocenters. The minimum atomic E-state index is -0.811. The summed E-state index contributed by atoms with van der Waals surface area (Å²) in [5, 5.41) is 63.0. The number of anilines is 1. The second-order valence-corrected chi connectivity index (χ2v) is 51.2. The predicted molar refractivity (Wildman–Crippen MR) is 559 cm³/mol. The summed E-state index contributed by atoms with van der Waals surface area (Å²) >= 11 is 0. The van der Waals surface area contributed by atoms with E-state index in [0.717, 1.165) is 195 Å². The minimum Gasteiger partial charge on any atom is -0.478 e. The number of aromatic nitrogens is 20. The van der Waals surface area contributed by atoms with Crippen molar-refractivity contribution in [3.63, 3.8) is 0 Å². The first-order valence-corrected chi connectivity index (χ1v) is 51.4. The van der Waals surface area contributed by atoms with Gasteiger partial charge in [-0.25, -0.2) is 28.1 Å². The topological polar surface area (TPSA) is 321 Å². The van der Waals surface area contributed by atoms with E-state index in [2.05, 4.69) is 328 Å². The summed E-state index contributed by atoms with van der Waals surface area (Å²) in [5.41, 5.74) is 16.8. The number of nitrogens with one attached hydrogen (secondary N) is 3. The summed E-state index contributed by atoms with van der Waals surface area (Å²) in [6.07, 6.45) is 23.8. The summed E-state index contributed by atoms with van der Waals surface area (Å²) in [4.78, 5) is 27.8. The number of amides is 2. The van der Waals surface area contributed by atoms with Crippen molar-refractivity contribution in [2.75, 3.05) is 85.2 Å². The maximum atomic E-state index is 12.0. The van der Waals surface area contributed by atoms with E-state index in [-0.39, 0.29) is 71.4 Å². The first-order valence-electron chi connectivity index (χ1n) is 51.4. The Labute approximate surface area is 841 Å². The highest BCUT2D eigenvalue weighted by Gasteiger charge is 2.39. The Morgan fingerprint density at radius 2 is 0.773 bits per heavy atom. The highest BCUT2D eigenvalue weighted by Crippen LogP contribution is 2.42. The van der Waals surface area contributed by atoms with Crippen LogP contribution >= 0.6 is 0 Å². The fourth-order valence-corrected chi connectivity index (χ4v) is 17.9. The van der Waals surface area contributed by atoms with Gasteiger partial charge < -0.3 is 49.6 Å². The average Bonchev–Trinajstić information content (AvgIpc) is 1.63. The van der Waals surface area contributed by atoms with Crippen LogP contribution in [-0.2, 0) is 126 Å². The maximum Gasteiger partial charge on any atom is 0.272 e. The Balaban J connectivity index is 0.000000150. The monoisotopic (exact) mass is 1950 g/mol. The van der Waals surface area contributed by atoms with Crippen molar-refractivity contribution in [1.29, 1.82) is 0 Å². The number of hydrogen-bond donors (Lipinski definition) is 4. The summed E-state index contributed by atoms with van der Waals surface area (Å²) in [6.45, 7) is 94.2. The minimum absolute atomic E-state index is 0.00123. The first-order chi connectivity index (χ1) is 65.2. The van der Waals surface area contributed by atoms with Crippen LogP contribution < -0.4 is 39.6 Å². The van der Waals surface area contributed by atoms with Gasteiger partial charge in [0, 0.05) is 128 Å². The van der Waals surface area contributed by atoms with Crippen LogP contribution in [0.25, 0.3) is 0 Å². The van der Waals surface area contributed by atoms with Crippen molar-refractivity contribution in [1.82, 2.24) is 118 Å². The number of aryl methyl sites for hydroxylation is 2. The van der Waals surface area contributed by atoms with E-state index in [9.17, 15) is 14.7 Å². The number of likely N-dealkylation sites (N-methyl/N-ethyl adjacent to an activating group) is 2. The van der Waals surface area contributed by atoms with Gasteiger partial charge in [0.15, 0.2) is 0 Å². The Morgan fingerprint density at radius 1 is 0.362 bits per heavy atom. The van der Waals surface area contributed by atoms with Gasteiger partial charge >= 0.3 is 0 Å². The van der Waals surface area contributed by atoms with Crippen LogP contribution in [0, 0.1) is 11.3 Å². The van der Waals surface area contributed by atoms with Crippen LogP contribution in [0.4, 0.5) is 5.82 Å². The first kappa shape index (κ1) is 111. The van der Waals surface area contributed by atoms with Gasteiger partial charge in [-0.2, -0.15) is 51.0 Å². The maximum absolute atomic E-state index is 12.0. The zero-order chi connectivity index (χ0) is 104. The average molecular weight is 1950 g/mol. The molecule has 0 bridgehead atoms. The van der Waals surface area contributed by atoms with Crippen LogP contribution in [0.2, 0.25) is 0 Å². The number of carbonyl (C=O) groups is 2. The molecule has 10 aromatic heterocycles. The Hall–Kier alpha value is -10.3. The molecule has 0 radical (unpaired) electrons. The molecule has 20 rings (SSSR count). The van der Waals surface area contributed by atoms with Gasteiger partial charge in [0.1, 0.15) is 29.4 Å². The number of ether oxygens (including phenoxy) is 5. The third-order valence-corrected chi connectivity index (χ3v) is 26.5. The van der Waals surface area contributed by atoms with Gasteiger partial charge in [-0.15, -0.1) is 0 Å². The second kappa shape index (κ2) is 43.3. The lowest BCUT2D eigenvalue weighted by atomic mass is 9.87. The third-order valence-electron chi connectivity index (χ3n) is 26.5. The number of aliphatic hydroxyl groups is 1. The molecule has 141 heavy (non-hydrogen) atoms. The van der Waals surface area contributed by atoms with E-state index >= 15 is 0 Å². The number of carbonyl (C=O) groups excluding carboxylic acids is 2. The van der Waals surface area contributed by atoms with Crippen LogP contribution in [-0.4, -0.2) is 210 Å². The van der Waals surface area contributed by atoms with Crippen LogP contribution in [0.15, 0.2) is 62.0 Å². The molecule has 0 aliphatic carbocycles. The molecule has 0 saturated carbocycles. The molecule has 10 aromatic rings. The van der Waals surface area contributed by atoms with E-state index in [1.54, 1.807) is 27.4 Å². The van der Waals surface area contributed by atoms with Crippen molar-refractivity contribution in [3.8, 4) is 29.4 Å². The lowest BCUT2D eigenvalue weighted by molar-refractivity contribution is -0.0319. The quantitative estimate of drug-likeness (QED) is 0.110. The van der Waals surface area contributed by atoms with Gasteiger partial charge in [0.05, 0.1) is 152 Å². The number of nitrogens with zero attached hydrogens (tertiary/aromatic N) is 22. The number of rotatable bonds is 0. The number of fused-ring (bicyclic) bond motifs is 10. The molecule has 4 N–H and O–H groups in total. The van der Waals surface area contributed by atoms with E-state index in [1.807, 2.05) is 86.2 Å². The Bertz CT molecular complexity index is 5620. The second-order valence-electron chi connectivity index (χ2n) is 51.2. The Morgan fingerprint density at radius 3 is 1.33 bits per heavy atom. The molecule has 782 valence electrons. The summed E-state index contributed by atoms with van der Waals surface area (Å²) in [6, 6.07) is 0.467. The molecule has 0 aromatic carbocycles. The molecule has 0 spiro atoms. The molecule has 3 atom stereocenters. The van der Waals surface area contributed by atoms with E-state index < -0.39 is 5.60 Å². The van der Waals surface area contributed by atoms with Crippen molar-refractivity contribution in [2.24, 2.45) is 11.3 Å². The fraction of sp³-hybridized carbons (Fsp3) is 0.704. The van der Waals surface area contributed by atoms with Gasteiger partial charge in [0.2, 0.25) is 29.4 Å². The molecule has 0 fully saturated rings. The third kappa shape index (κ3) is 28.0. The molecule has 2 amide bonds. The normalized spacial score (nSPS) is 19.1. The largest absolute Gasteiger partial charge is 0.478 e. The highest BCUT2D eigenvalue weighted by molar-refractivity contribution is 5.95. The van der Waals surface area contributed by atoms with Crippen molar-refractivity contribution in [3.05, 3.63) is 140 Å². The molecule has 33 nitrogen and oxygen atoms in total. The van der Waals surface area contributed by atoms with Crippen molar-refractivity contribution in [2.45, 2.75) is 406 Å². The zero-order valence-corrected chi connectivity index (χ0v) is 93.2. The zero-order valence-electron chi connectivity index (χ0n) is 93.2. The van der Waals surface area contributed by atoms with Gasteiger partial charge in [-0.1, -0.05) is 228 Å². The fourth-order valence-electron chi connectivity index (χ4n) is 17.9. The van der Waals surface area contributed by atoms with Crippen molar-refractivity contribution < 1.29 is 38.4 Å². The summed E-state index contributed by atoms with van der Waals surface area (Å²) in [7, 11) is 4.01. The van der Waals surface area contributed by atoms with Crippen LogP contribution in [0.3, 0.4) is 0 Å². The molecule has 10 aliphatic rings. The molecule has 33 heteroatoms. The molecule has 10 aliphatic heterocycles. The SMILES string of the molecule is CC(C)(C)c1cnn2c1C(=O)NCC2.CC(C)(C)c1cnn2c1CNCC2.CC(C)(C)c1cnn2c1NCCC2.CC(C)(C)c1cnn2c1OCCCC2.CC1(C)COc2c(C(C)(C)C)cnn2C1.CC1(O)COc2c(C(C)(C)C)cnn2C1.CC1CCOc2c(C(C)(C)C)cnn21.CC1COc2c(C(C)(C)C)cnn2C1.CN1CCn2ncc(C(C)(C)C)c2C1.CN1CCn2ncc(C(C)(C)C)c2C1=O. The van der Waals surface area contributed by atoms with E-state index in [0.29, 0.717) is 31.7 Å². The summed E-state index contributed by atoms with van der Waals surface area (Å²) in [5.74, 6) is 6.55. The van der Waals surface area contributed by atoms with Gasteiger partial charge in [-0.3, -0.25) is 33.2 Å². The highest BCUT2D eigenvalue weighted by atomic mass is 16.5. The van der Waals surface area contributed by atoms with E-state index in [1.165, 1.54) is 62.6 Å². The van der Waals surface area contributed by atoms with E-state index in [4.69, 9.17) is 23.7 Å². The van der Waals surface area contributed by atoms with Crippen LogP contribution in [0.1, 0.15) is 362 Å². The van der Waals surface area contributed by atoms with Crippen LogP contribution in [0.5, 0.6) is 29.4 Å². The molecular formula is C108H177N25O8. The smallest absolute Gasteiger partial charge is 0.272 e. The standard InChI is InChI=1S/C12H20N2O.C11H17N3O.C11H19N3.C11H18N2O2.3C11H18N2O.C10H15N3O.2C10H17N3/c1-11(2,3)9-6-13-14-7-12(4,5)8-15-10(9)14;1-11(2,3)8-7-12-14-6-5-13(4)10(15)9(8)14;1-11(2,3)9-7-12-14-6-5-13(4)8-10(9)14;1-10(2,3)8-5-12-13-6-11(4,14)7-15-9(8)13;1-8-6-13-10(14-7-8)9(5-12-13)11(2,3)4;1-8-5-6-14-10-9(11(2,3)4)7-12-13(8)10;1-11(2,3)9-8-12-13-6-4-5-7-14-10(9)13;1-10(2,3)7-6-12-13-5-4-11-9(14)8(7)13;1-10(2,3)8-6-12-13-5-4-11-7-9(8)13;1-10(2,3)8-7-12-13-6-4-5-11-9(8)13/h6H,7-8H2,1-5H3;7H,5-6H2,1-4H3;7H,5-6,8H2,1-4H3;5,14H,6-7H2,1-4H3;5,8H,6-7H2,1-4H3;7-8H,5-6H2,1-4H3;8H,4-7H2,1-3H3;6H,4-5H2,1-3H3,(H,11,14);6,11H,4-5,7H2,1-3H3;7,11H,4-6H2,1-3H3. The molecule has 0 saturated heterocycles. The lowest BCUT2D eigenvalue weighted by Crippen LogP contribution is -2.42. The molecular weight excluding hydrogens is 1780 g/mol. The van der Waals surface area contributed by atoms with Crippen molar-refractivity contribution >= 4 is 17.6 Å². The predicted octanol–water partition coefficient (Wildman–Crippen LogP) is 18.1. The van der Waals surface area contributed by atoms with Gasteiger partial charge in [0.25, 0.3) is 11.8 Å². The molecule has 20 heterocycles.